The van der Waals surface area contributed by atoms with E-state index in [4.69, 9.17) is 9.84 Å². The predicted octanol–water partition coefficient (Wildman–Crippen LogP) is -3.30. The lowest BCUT2D eigenvalue weighted by molar-refractivity contribution is -0.0511. The second-order valence-corrected chi connectivity index (χ2v) is 5.47. The number of aliphatic hydroxyl groups excluding tert-OH is 3. The van der Waals surface area contributed by atoms with E-state index in [0.29, 0.717) is 0 Å². The van der Waals surface area contributed by atoms with Gasteiger partial charge in [0.25, 0.3) is 0 Å². The molecule has 0 aromatic carbocycles. The van der Waals surface area contributed by atoms with Gasteiger partial charge in [-0.25, -0.2) is 9.78 Å². The molecule has 4 N–H and O–H groups in total. The molecule has 0 amide bonds. The Bertz CT molecular complexity index is 839. The zero-order chi connectivity index (χ0) is 16.9. The van der Waals surface area contributed by atoms with Crippen molar-refractivity contribution >= 4 is 11.2 Å². The topological polar surface area (TPSA) is 146 Å². The Morgan fingerprint density at radius 1 is 1.35 bits per heavy atom. The highest BCUT2D eigenvalue weighted by atomic mass is 16.6. The van der Waals surface area contributed by atoms with Gasteiger partial charge in [0, 0.05) is 14.1 Å². The number of rotatable bonds is 3. The van der Waals surface area contributed by atoms with Crippen LogP contribution in [0.4, 0.5) is 0 Å². The second-order valence-electron chi connectivity index (χ2n) is 5.47. The van der Waals surface area contributed by atoms with Gasteiger partial charge in [-0.2, -0.15) is 4.68 Å². The summed E-state index contributed by atoms with van der Waals surface area (Å²) in [4.78, 5) is 30.8. The molecule has 4 atom stereocenters. The van der Waals surface area contributed by atoms with Gasteiger partial charge in [0.2, 0.25) is 0 Å². The van der Waals surface area contributed by atoms with Crippen molar-refractivity contribution < 1.29 is 20.1 Å². The SMILES string of the molecule is CN(C)n1c(=O)[nH]c2c(ncn2[C@@H]2O[C@H](CO)[C@@H](O)[C@H]2O)c1=O. The summed E-state index contributed by atoms with van der Waals surface area (Å²) >= 11 is 0. The van der Waals surface area contributed by atoms with Gasteiger partial charge in [-0.05, 0) is 0 Å². The highest BCUT2D eigenvalue weighted by molar-refractivity contribution is 5.69. The first-order valence-corrected chi connectivity index (χ1v) is 6.88. The number of nitrogens with zero attached hydrogens (tertiary/aromatic N) is 4. The van der Waals surface area contributed by atoms with E-state index in [-0.39, 0.29) is 11.2 Å². The minimum Gasteiger partial charge on any atom is -0.394 e. The van der Waals surface area contributed by atoms with E-state index >= 15 is 0 Å². The minimum absolute atomic E-state index is 0.0176. The van der Waals surface area contributed by atoms with E-state index in [1.165, 1.54) is 30.0 Å². The molecule has 0 unspecified atom stereocenters. The molecule has 2 aromatic rings. The van der Waals surface area contributed by atoms with Crippen molar-refractivity contribution in [3.63, 3.8) is 0 Å². The molecule has 0 bridgehead atoms. The largest absolute Gasteiger partial charge is 0.394 e. The first-order valence-electron chi connectivity index (χ1n) is 6.88. The zero-order valence-electron chi connectivity index (χ0n) is 12.4. The van der Waals surface area contributed by atoms with Crippen LogP contribution in [0.25, 0.3) is 11.2 Å². The first-order chi connectivity index (χ1) is 10.9. The van der Waals surface area contributed by atoms with Crippen LogP contribution in [0.3, 0.4) is 0 Å². The van der Waals surface area contributed by atoms with Crippen LogP contribution in [-0.2, 0) is 4.74 Å². The van der Waals surface area contributed by atoms with Gasteiger partial charge in [-0.3, -0.25) is 14.3 Å². The lowest BCUT2D eigenvalue weighted by atomic mass is 10.1. The van der Waals surface area contributed by atoms with Crippen LogP contribution < -0.4 is 16.3 Å². The maximum atomic E-state index is 12.3. The molecule has 1 fully saturated rings. The van der Waals surface area contributed by atoms with E-state index in [0.717, 1.165) is 4.68 Å². The summed E-state index contributed by atoms with van der Waals surface area (Å²) in [5, 5.41) is 30.3. The average molecular weight is 327 g/mol. The maximum absolute atomic E-state index is 12.3. The van der Waals surface area contributed by atoms with Crippen molar-refractivity contribution in [2.75, 3.05) is 25.7 Å². The fraction of sp³-hybridized carbons (Fsp3) is 0.583. The highest BCUT2D eigenvalue weighted by Crippen LogP contribution is 2.30. The molecule has 11 heteroatoms. The number of fused-ring (bicyclic) bond motifs is 1. The average Bonchev–Trinajstić information content (AvgIpc) is 3.01. The van der Waals surface area contributed by atoms with E-state index in [2.05, 4.69) is 9.97 Å². The number of nitrogens with one attached hydrogen (secondary N) is 1. The lowest BCUT2D eigenvalue weighted by Gasteiger charge is -2.17. The standard InChI is InChI=1S/C12H17N5O6/c1-15(2)17-10(21)6-9(14-12(17)22)16(4-13-6)11-8(20)7(19)5(3-18)23-11/h4-5,7-8,11,18-20H,3H2,1-2H3,(H,14,22)/t5-,7-,8-,11-/m1/s1. The number of hydrogen-bond donors (Lipinski definition) is 4. The van der Waals surface area contributed by atoms with Crippen LogP contribution in [0.2, 0.25) is 0 Å². The number of imidazole rings is 1. The van der Waals surface area contributed by atoms with Crippen molar-refractivity contribution in [1.29, 1.82) is 0 Å². The molecule has 126 valence electrons. The number of aromatic nitrogens is 4. The van der Waals surface area contributed by atoms with Crippen molar-refractivity contribution in [1.82, 2.24) is 19.2 Å². The molecule has 0 spiro atoms. The monoisotopic (exact) mass is 327 g/mol. The summed E-state index contributed by atoms with van der Waals surface area (Å²) in [7, 11) is 3.07. The van der Waals surface area contributed by atoms with Gasteiger partial charge < -0.3 is 25.1 Å². The summed E-state index contributed by atoms with van der Waals surface area (Å²) in [6.07, 6.45) is -3.47. The summed E-state index contributed by atoms with van der Waals surface area (Å²) in [6.45, 7) is -0.481. The van der Waals surface area contributed by atoms with Gasteiger partial charge >= 0.3 is 11.2 Å². The molecule has 11 nitrogen and oxygen atoms in total. The summed E-state index contributed by atoms with van der Waals surface area (Å²) < 4.78 is 7.50. The van der Waals surface area contributed by atoms with Crippen LogP contribution in [0.1, 0.15) is 6.23 Å². The number of H-pyrrole nitrogens is 1. The maximum Gasteiger partial charge on any atom is 0.349 e. The van der Waals surface area contributed by atoms with Crippen LogP contribution in [0.15, 0.2) is 15.9 Å². The molecule has 1 saturated heterocycles. The smallest absolute Gasteiger partial charge is 0.349 e. The summed E-state index contributed by atoms with van der Waals surface area (Å²) in [6, 6.07) is 0. The normalized spacial score (nSPS) is 27.7. The second kappa shape index (κ2) is 5.45. The minimum atomic E-state index is -1.34. The summed E-state index contributed by atoms with van der Waals surface area (Å²) in [5.41, 5.74) is -1.26. The number of ether oxygens (including phenoxy) is 1. The van der Waals surface area contributed by atoms with Gasteiger partial charge in [0.05, 0.1) is 12.9 Å². The molecule has 23 heavy (non-hydrogen) atoms. The van der Waals surface area contributed by atoms with Gasteiger partial charge in [0.1, 0.15) is 24.0 Å². The Kier molecular flexibility index (Phi) is 3.72. The van der Waals surface area contributed by atoms with Crippen molar-refractivity contribution in [2.45, 2.75) is 24.5 Å². The van der Waals surface area contributed by atoms with E-state index < -0.39 is 42.4 Å². The zero-order valence-corrected chi connectivity index (χ0v) is 12.4. The van der Waals surface area contributed by atoms with Crippen LogP contribution in [0.5, 0.6) is 0 Å². The Hall–Kier alpha value is -2.21. The van der Waals surface area contributed by atoms with E-state index in [9.17, 15) is 19.8 Å². The van der Waals surface area contributed by atoms with Crippen molar-refractivity contribution in [3.05, 3.63) is 27.2 Å². The summed E-state index contributed by atoms with van der Waals surface area (Å²) in [5.74, 6) is 0. The van der Waals surface area contributed by atoms with Gasteiger partial charge in [0.15, 0.2) is 11.7 Å². The molecule has 3 heterocycles. The first kappa shape index (κ1) is 15.7. The fourth-order valence-electron chi connectivity index (χ4n) is 2.65. The lowest BCUT2D eigenvalue weighted by Crippen LogP contribution is -2.46. The van der Waals surface area contributed by atoms with Crippen molar-refractivity contribution in [2.24, 2.45) is 0 Å². The molecule has 3 rings (SSSR count). The molecule has 0 radical (unpaired) electrons. The third kappa shape index (κ3) is 2.25. The third-order valence-electron chi connectivity index (χ3n) is 3.80. The van der Waals surface area contributed by atoms with Crippen LogP contribution in [0, 0.1) is 0 Å². The Balaban J connectivity index is 2.15. The number of hydrogen-bond acceptors (Lipinski definition) is 8. The molecule has 2 aromatic heterocycles. The van der Waals surface area contributed by atoms with Crippen LogP contribution >= 0.6 is 0 Å². The Labute approximate surface area is 128 Å². The Morgan fingerprint density at radius 2 is 2.04 bits per heavy atom. The van der Waals surface area contributed by atoms with Gasteiger partial charge in [-0.15, -0.1) is 0 Å². The molecular weight excluding hydrogens is 310 g/mol. The highest BCUT2D eigenvalue weighted by Gasteiger charge is 2.44. The molecule has 1 aliphatic heterocycles. The van der Waals surface area contributed by atoms with E-state index in [1.807, 2.05) is 0 Å². The molecule has 0 saturated carbocycles. The predicted molar refractivity (Wildman–Crippen MR) is 77.7 cm³/mol. The quantitative estimate of drug-likeness (QED) is 0.458. The third-order valence-corrected chi connectivity index (χ3v) is 3.80. The van der Waals surface area contributed by atoms with Gasteiger partial charge in [-0.1, -0.05) is 0 Å². The van der Waals surface area contributed by atoms with Crippen molar-refractivity contribution in [3.8, 4) is 0 Å². The number of aromatic amines is 1. The number of aliphatic hydroxyl groups is 3. The van der Waals surface area contributed by atoms with E-state index in [1.54, 1.807) is 0 Å². The van der Waals surface area contributed by atoms with Crippen LogP contribution in [-0.4, -0.2) is 73.5 Å². The fourth-order valence-corrected chi connectivity index (χ4v) is 2.65. The molecule has 0 aliphatic carbocycles. The molecular formula is C12H17N5O6. The molecule has 1 aliphatic rings. The Morgan fingerprint density at radius 3 is 2.61 bits per heavy atom.